The molecule has 22 heavy (non-hydrogen) atoms. The van der Waals surface area contributed by atoms with Crippen LogP contribution in [0.2, 0.25) is 0 Å². The Kier molecular flexibility index (Phi) is 3.88. The van der Waals surface area contributed by atoms with E-state index in [0.29, 0.717) is 10.2 Å². The number of hydrogen-bond acceptors (Lipinski definition) is 5. The fraction of sp³-hybridized carbons (Fsp3) is 0.0667. The predicted octanol–water partition coefficient (Wildman–Crippen LogP) is 3.54. The molecule has 3 rings (SSSR count). The zero-order chi connectivity index (χ0) is 15.5. The molecule has 0 spiro atoms. The Labute approximate surface area is 131 Å². The van der Waals surface area contributed by atoms with Gasteiger partial charge in [-0.25, -0.2) is 9.97 Å². The van der Waals surface area contributed by atoms with Crippen molar-refractivity contribution in [2.75, 3.05) is 0 Å². The lowest BCUT2D eigenvalue weighted by atomic mass is 10.2. The van der Waals surface area contributed by atoms with Crippen molar-refractivity contribution in [3.63, 3.8) is 0 Å². The molecule has 0 unspecified atom stereocenters. The molecule has 2 heterocycles. The van der Waals surface area contributed by atoms with E-state index in [2.05, 4.69) is 9.97 Å². The maximum Gasteiger partial charge on any atom is 0.301 e. The van der Waals surface area contributed by atoms with Crippen molar-refractivity contribution in [3.8, 4) is 11.3 Å². The van der Waals surface area contributed by atoms with E-state index in [4.69, 9.17) is 0 Å². The summed E-state index contributed by atoms with van der Waals surface area (Å²) in [6.45, 7) is 0. The molecule has 1 aromatic carbocycles. The van der Waals surface area contributed by atoms with Crippen molar-refractivity contribution < 1.29 is 4.92 Å². The van der Waals surface area contributed by atoms with E-state index in [9.17, 15) is 10.1 Å². The van der Waals surface area contributed by atoms with Crippen LogP contribution in [-0.2, 0) is 7.05 Å². The van der Waals surface area contributed by atoms with Gasteiger partial charge in [-0.15, -0.1) is 0 Å². The first-order chi connectivity index (χ1) is 10.7. The van der Waals surface area contributed by atoms with Crippen molar-refractivity contribution in [3.05, 3.63) is 65.0 Å². The SMILES string of the molecule is Cn1c(-c2ccccc2)cnc1Sc1ncccc1[N+](=O)[O-]. The number of aromatic nitrogens is 3. The van der Waals surface area contributed by atoms with Gasteiger partial charge in [-0.1, -0.05) is 30.3 Å². The minimum atomic E-state index is -0.434. The Morgan fingerprint density at radius 3 is 2.64 bits per heavy atom. The zero-order valence-electron chi connectivity index (χ0n) is 11.7. The molecule has 0 amide bonds. The van der Waals surface area contributed by atoms with Crippen molar-refractivity contribution in [1.29, 1.82) is 0 Å². The molecule has 0 saturated carbocycles. The third-order valence-electron chi connectivity index (χ3n) is 3.15. The molecule has 3 aromatic rings. The number of rotatable bonds is 4. The molecule has 0 N–H and O–H groups in total. The van der Waals surface area contributed by atoms with Gasteiger partial charge >= 0.3 is 5.69 Å². The van der Waals surface area contributed by atoms with Crippen molar-refractivity contribution in [1.82, 2.24) is 14.5 Å². The highest BCUT2D eigenvalue weighted by Crippen LogP contribution is 2.33. The molecule has 0 bridgehead atoms. The first-order valence-corrected chi connectivity index (χ1v) is 7.33. The minimum Gasteiger partial charge on any atom is -0.322 e. The molecule has 7 heteroatoms. The molecule has 2 aromatic heterocycles. The van der Waals surface area contributed by atoms with Crippen LogP contribution in [0.5, 0.6) is 0 Å². The van der Waals surface area contributed by atoms with Gasteiger partial charge in [-0.05, 0) is 23.4 Å². The second-order valence-electron chi connectivity index (χ2n) is 4.54. The van der Waals surface area contributed by atoms with Crippen LogP contribution in [0.15, 0.2) is 65.0 Å². The summed E-state index contributed by atoms with van der Waals surface area (Å²) < 4.78 is 1.90. The van der Waals surface area contributed by atoms with Crippen molar-refractivity contribution >= 4 is 17.4 Å². The predicted molar refractivity (Wildman–Crippen MR) is 83.7 cm³/mol. The summed E-state index contributed by atoms with van der Waals surface area (Å²) >= 11 is 1.18. The summed E-state index contributed by atoms with van der Waals surface area (Å²) in [5, 5.41) is 12.0. The lowest BCUT2D eigenvalue weighted by Crippen LogP contribution is -1.96. The summed E-state index contributed by atoms with van der Waals surface area (Å²) in [7, 11) is 1.88. The quantitative estimate of drug-likeness (QED) is 0.544. The maximum absolute atomic E-state index is 11.0. The topological polar surface area (TPSA) is 73.8 Å². The number of imidazole rings is 1. The van der Waals surface area contributed by atoms with Gasteiger partial charge in [0.1, 0.15) is 0 Å². The summed E-state index contributed by atoms with van der Waals surface area (Å²) in [6.07, 6.45) is 3.29. The summed E-state index contributed by atoms with van der Waals surface area (Å²) in [4.78, 5) is 19.1. The highest BCUT2D eigenvalue weighted by atomic mass is 32.2. The standard InChI is InChI=1S/C15H12N4O2S/c1-18-13(11-6-3-2-4-7-11)10-17-15(18)22-14-12(19(20)21)8-5-9-16-14/h2-10H,1H3. The number of benzene rings is 1. The first-order valence-electron chi connectivity index (χ1n) is 6.51. The monoisotopic (exact) mass is 312 g/mol. The van der Waals surface area contributed by atoms with Gasteiger partial charge in [-0.3, -0.25) is 10.1 Å². The summed E-state index contributed by atoms with van der Waals surface area (Å²) in [5.74, 6) is 0. The van der Waals surface area contributed by atoms with Gasteiger partial charge in [0.2, 0.25) is 0 Å². The Bertz CT molecular complexity index is 817. The second-order valence-corrected chi connectivity index (χ2v) is 5.49. The van der Waals surface area contributed by atoms with Crippen LogP contribution in [0.3, 0.4) is 0 Å². The highest BCUT2D eigenvalue weighted by Gasteiger charge is 2.18. The van der Waals surface area contributed by atoms with Crippen LogP contribution in [0, 0.1) is 10.1 Å². The second kappa shape index (κ2) is 5.98. The molecule has 0 fully saturated rings. The van der Waals surface area contributed by atoms with E-state index in [1.807, 2.05) is 41.9 Å². The van der Waals surface area contributed by atoms with E-state index < -0.39 is 4.92 Å². The highest BCUT2D eigenvalue weighted by molar-refractivity contribution is 7.99. The Morgan fingerprint density at radius 1 is 1.14 bits per heavy atom. The molecule has 0 radical (unpaired) electrons. The molecule has 110 valence electrons. The fourth-order valence-corrected chi connectivity index (χ4v) is 2.93. The third-order valence-corrected chi connectivity index (χ3v) is 4.22. The average Bonchev–Trinajstić information content (AvgIpc) is 2.89. The Hall–Kier alpha value is -2.67. The van der Waals surface area contributed by atoms with Crippen LogP contribution in [-0.4, -0.2) is 19.5 Å². The molecule has 0 aliphatic rings. The van der Waals surface area contributed by atoms with E-state index in [0.717, 1.165) is 11.3 Å². The Morgan fingerprint density at radius 2 is 1.91 bits per heavy atom. The molecule has 6 nitrogen and oxygen atoms in total. The van der Waals surface area contributed by atoms with E-state index in [-0.39, 0.29) is 5.69 Å². The van der Waals surface area contributed by atoms with Gasteiger partial charge in [-0.2, -0.15) is 0 Å². The van der Waals surface area contributed by atoms with Gasteiger partial charge in [0.25, 0.3) is 0 Å². The van der Waals surface area contributed by atoms with E-state index in [1.165, 1.54) is 24.0 Å². The lowest BCUT2D eigenvalue weighted by Gasteiger charge is -2.05. The fourth-order valence-electron chi connectivity index (χ4n) is 2.05. The third kappa shape index (κ3) is 2.71. The van der Waals surface area contributed by atoms with E-state index in [1.54, 1.807) is 12.3 Å². The van der Waals surface area contributed by atoms with Crippen LogP contribution < -0.4 is 0 Å². The molecule has 0 atom stereocenters. The largest absolute Gasteiger partial charge is 0.322 e. The maximum atomic E-state index is 11.0. The smallest absolute Gasteiger partial charge is 0.301 e. The van der Waals surface area contributed by atoms with Gasteiger partial charge in [0.05, 0.1) is 16.8 Å². The first kappa shape index (κ1) is 14.3. The normalized spacial score (nSPS) is 10.6. The number of hydrogen-bond donors (Lipinski definition) is 0. The summed E-state index contributed by atoms with van der Waals surface area (Å²) in [5.41, 5.74) is 1.97. The van der Waals surface area contributed by atoms with Crippen molar-refractivity contribution in [2.24, 2.45) is 7.05 Å². The van der Waals surface area contributed by atoms with E-state index >= 15 is 0 Å². The Balaban J connectivity index is 1.95. The minimum absolute atomic E-state index is 0.0169. The van der Waals surface area contributed by atoms with Gasteiger partial charge in [0.15, 0.2) is 10.2 Å². The van der Waals surface area contributed by atoms with Crippen LogP contribution >= 0.6 is 11.8 Å². The van der Waals surface area contributed by atoms with Gasteiger partial charge < -0.3 is 4.57 Å². The zero-order valence-corrected chi connectivity index (χ0v) is 12.5. The summed E-state index contributed by atoms with van der Waals surface area (Å²) in [6, 6.07) is 12.8. The molecular formula is C15H12N4O2S. The van der Waals surface area contributed by atoms with Crippen LogP contribution in [0.1, 0.15) is 0 Å². The average molecular weight is 312 g/mol. The van der Waals surface area contributed by atoms with Gasteiger partial charge in [0, 0.05) is 19.3 Å². The molecular weight excluding hydrogens is 300 g/mol. The molecule has 0 aliphatic heterocycles. The van der Waals surface area contributed by atoms with Crippen LogP contribution in [0.4, 0.5) is 5.69 Å². The number of nitrogens with zero attached hydrogens (tertiary/aromatic N) is 4. The van der Waals surface area contributed by atoms with Crippen LogP contribution in [0.25, 0.3) is 11.3 Å². The van der Waals surface area contributed by atoms with Crippen molar-refractivity contribution in [2.45, 2.75) is 10.2 Å². The lowest BCUT2D eigenvalue weighted by molar-refractivity contribution is -0.388. The number of nitro groups is 1. The molecule has 0 aliphatic carbocycles. The number of pyridine rings is 1. The molecule has 0 saturated heterocycles.